The Bertz CT molecular complexity index is 431. The van der Waals surface area contributed by atoms with Crippen LogP contribution in [0.3, 0.4) is 0 Å². The van der Waals surface area contributed by atoms with Gasteiger partial charge < -0.3 is 10.6 Å². The molecule has 2 aliphatic heterocycles. The van der Waals surface area contributed by atoms with Gasteiger partial charge in [0, 0.05) is 35.4 Å². The van der Waals surface area contributed by atoms with Crippen molar-refractivity contribution in [2.45, 2.75) is 42.3 Å². The van der Waals surface area contributed by atoms with Gasteiger partial charge in [-0.3, -0.25) is 4.57 Å². The summed E-state index contributed by atoms with van der Waals surface area (Å²) in [6.07, 6.45) is 9.24. The smallest absolute Gasteiger partial charge is 0.325 e. The summed E-state index contributed by atoms with van der Waals surface area (Å²) in [7, 11) is 0. The third-order valence-electron chi connectivity index (χ3n) is 3.74. The first-order valence-electron chi connectivity index (χ1n) is 6.05. The molecule has 0 aliphatic carbocycles. The van der Waals surface area contributed by atoms with Gasteiger partial charge in [-0.25, -0.2) is 4.79 Å². The average molecular weight is 251 g/mol. The van der Waals surface area contributed by atoms with Crippen LogP contribution in [0.1, 0.15) is 19.3 Å². The van der Waals surface area contributed by atoms with Gasteiger partial charge in [0.2, 0.25) is 0 Å². The van der Waals surface area contributed by atoms with Crippen molar-refractivity contribution >= 4 is 17.8 Å². The lowest BCUT2D eigenvalue weighted by Crippen LogP contribution is -2.44. The molecule has 2 fully saturated rings. The number of aromatic nitrogens is 1. The molecule has 3 atom stereocenters. The predicted octanol–water partition coefficient (Wildman–Crippen LogP) is 1.66. The second-order valence-corrected chi connectivity index (χ2v) is 5.68. The van der Waals surface area contributed by atoms with Crippen LogP contribution < -0.4 is 10.6 Å². The summed E-state index contributed by atoms with van der Waals surface area (Å²) in [5, 5.41) is 6.64. The highest BCUT2D eigenvalue weighted by Crippen LogP contribution is 2.28. The van der Waals surface area contributed by atoms with E-state index in [1.165, 1.54) is 12.8 Å². The monoisotopic (exact) mass is 251 g/mol. The SMILES string of the molecule is CSc1ccn(C(=O)N[C@@H]2C[C@H]3CC[C@@H]2N3)c1. The standard InChI is InChI=1S/C12H17N3OS/c1-17-9-4-5-15(7-9)12(16)14-11-6-8-2-3-10(11)13-8/h4-5,7-8,10-11,13H,2-3,6H2,1H3,(H,14,16)/t8-,10+,11-/m1/s1. The van der Waals surface area contributed by atoms with E-state index in [1.807, 2.05) is 24.7 Å². The van der Waals surface area contributed by atoms with E-state index in [-0.39, 0.29) is 6.03 Å². The van der Waals surface area contributed by atoms with E-state index in [0.717, 1.165) is 11.3 Å². The van der Waals surface area contributed by atoms with Crippen molar-refractivity contribution in [3.63, 3.8) is 0 Å². The Morgan fingerprint density at radius 1 is 1.59 bits per heavy atom. The van der Waals surface area contributed by atoms with Crippen molar-refractivity contribution in [2.75, 3.05) is 6.26 Å². The van der Waals surface area contributed by atoms with E-state index in [9.17, 15) is 4.79 Å². The maximum absolute atomic E-state index is 12.0. The lowest BCUT2D eigenvalue weighted by molar-refractivity contribution is 0.236. The van der Waals surface area contributed by atoms with Gasteiger partial charge in [-0.1, -0.05) is 0 Å². The zero-order chi connectivity index (χ0) is 11.8. The van der Waals surface area contributed by atoms with Gasteiger partial charge >= 0.3 is 6.03 Å². The van der Waals surface area contributed by atoms with Crippen LogP contribution in [0.2, 0.25) is 0 Å². The fourth-order valence-corrected chi connectivity index (χ4v) is 3.26. The second kappa shape index (κ2) is 4.38. The molecule has 3 rings (SSSR count). The zero-order valence-electron chi connectivity index (χ0n) is 9.85. The molecule has 4 nitrogen and oxygen atoms in total. The average Bonchev–Trinajstić information content (AvgIpc) is 3.04. The quantitative estimate of drug-likeness (QED) is 0.786. The Morgan fingerprint density at radius 3 is 3.06 bits per heavy atom. The van der Waals surface area contributed by atoms with Crippen molar-refractivity contribution in [3.05, 3.63) is 18.5 Å². The van der Waals surface area contributed by atoms with Crippen LogP contribution in [0.4, 0.5) is 4.79 Å². The molecule has 17 heavy (non-hydrogen) atoms. The minimum absolute atomic E-state index is 0.00958. The summed E-state index contributed by atoms with van der Waals surface area (Å²) >= 11 is 1.65. The van der Waals surface area contributed by atoms with Crippen LogP contribution in [0, 0.1) is 0 Å². The number of carbonyl (C=O) groups excluding carboxylic acids is 1. The maximum Gasteiger partial charge on any atom is 0.325 e. The highest BCUT2D eigenvalue weighted by atomic mass is 32.2. The van der Waals surface area contributed by atoms with Crippen molar-refractivity contribution in [1.29, 1.82) is 0 Å². The van der Waals surface area contributed by atoms with Crippen LogP contribution in [0.5, 0.6) is 0 Å². The van der Waals surface area contributed by atoms with Gasteiger partial charge in [-0.15, -0.1) is 11.8 Å². The molecule has 2 bridgehead atoms. The highest BCUT2D eigenvalue weighted by molar-refractivity contribution is 7.98. The van der Waals surface area contributed by atoms with Crippen LogP contribution in [0.25, 0.3) is 0 Å². The Hall–Kier alpha value is -0.940. The molecule has 1 aromatic rings. The van der Waals surface area contributed by atoms with E-state index in [4.69, 9.17) is 0 Å². The third kappa shape index (κ3) is 2.09. The number of thioether (sulfide) groups is 1. The predicted molar refractivity (Wildman–Crippen MR) is 68.5 cm³/mol. The number of nitrogens with one attached hydrogen (secondary N) is 2. The molecule has 3 heterocycles. The number of rotatable bonds is 2. The highest BCUT2D eigenvalue weighted by Gasteiger charge is 2.39. The molecule has 2 aliphatic rings. The molecule has 0 aromatic carbocycles. The molecular weight excluding hydrogens is 234 g/mol. The topological polar surface area (TPSA) is 46.1 Å². The second-order valence-electron chi connectivity index (χ2n) is 4.80. The van der Waals surface area contributed by atoms with Crippen LogP contribution in [-0.2, 0) is 0 Å². The van der Waals surface area contributed by atoms with Crippen molar-refractivity contribution in [2.24, 2.45) is 0 Å². The number of nitrogens with zero attached hydrogens (tertiary/aromatic N) is 1. The van der Waals surface area contributed by atoms with Gasteiger partial charge in [0.25, 0.3) is 0 Å². The van der Waals surface area contributed by atoms with E-state index >= 15 is 0 Å². The van der Waals surface area contributed by atoms with E-state index in [1.54, 1.807) is 16.3 Å². The molecule has 5 heteroatoms. The molecule has 0 spiro atoms. The number of fused-ring (bicyclic) bond motifs is 2. The maximum atomic E-state index is 12.0. The summed E-state index contributed by atoms with van der Waals surface area (Å²) in [5.41, 5.74) is 0. The molecule has 2 saturated heterocycles. The van der Waals surface area contributed by atoms with E-state index in [2.05, 4.69) is 10.6 Å². The molecule has 0 unspecified atom stereocenters. The molecule has 92 valence electrons. The summed E-state index contributed by atoms with van der Waals surface area (Å²) in [6, 6.07) is 3.37. The molecule has 0 saturated carbocycles. The summed E-state index contributed by atoms with van der Waals surface area (Å²) in [6.45, 7) is 0. The number of hydrogen-bond donors (Lipinski definition) is 2. The molecular formula is C12H17N3OS. The fraction of sp³-hybridized carbons (Fsp3) is 0.583. The number of hydrogen-bond acceptors (Lipinski definition) is 3. The Morgan fingerprint density at radius 2 is 2.47 bits per heavy atom. The summed E-state index contributed by atoms with van der Waals surface area (Å²) < 4.78 is 1.64. The van der Waals surface area contributed by atoms with Crippen molar-refractivity contribution in [3.8, 4) is 0 Å². The molecule has 1 amide bonds. The lowest BCUT2D eigenvalue weighted by Gasteiger charge is -2.21. The van der Waals surface area contributed by atoms with E-state index in [0.29, 0.717) is 18.1 Å². The first kappa shape index (κ1) is 11.2. The van der Waals surface area contributed by atoms with Crippen LogP contribution >= 0.6 is 11.8 Å². The Kier molecular flexibility index (Phi) is 2.88. The van der Waals surface area contributed by atoms with Gasteiger partial charge in [-0.2, -0.15) is 0 Å². The normalized spacial score (nSPS) is 30.8. The summed E-state index contributed by atoms with van der Waals surface area (Å²) in [4.78, 5) is 13.1. The Labute approximate surface area is 105 Å². The number of carbonyl (C=O) groups is 1. The first-order chi connectivity index (χ1) is 8.26. The minimum atomic E-state index is -0.00958. The largest absolute Gasteiger partial charge is 0.333 e. The van der Waals surface area contributed by atoms with Gasteiger partial charge in [-0.05, 0) is 31.6 Å². The number of amides is 1. The molecule has 1 aromatic heterocycles. The van der Waals surface area contributed by atoms with Crippen molar-refractivity contribution < 1.29 is 4.79 Å². The fourth-order valence-electron chi connectivity index (χ4n) is 2.84. The third-order valence-corrected chi connectivity index (χ3v) is 4.46. The van der Waals surface area contributed by atoms with Gasteiger partial charge in [0.1, 0.15) is 0 Å². The van der Waals surface area contributed by atoms with Crippen LogP contribution in [-0.4, -0.2) is 35.0 Å². The Balaban J connectivity index is 1.63. The van der Waals surface area contributed by atoms with E-state index < -0.39 is 0 Å². The summed E-state index contributed by atoms with van der Waals surface area (Å²) in [5.74, 6) is 0. The first-order valence-corrected chi connectivity index (χ1v) is 7.27. The molecule has 2 N–H and O–H groups in total. The zero-order valence-corrected chi connectivity index (χ0v) is 10.7. The van der Waals surface area contributed by atoms with Gasteiger partial charge in [0.05, 0.1) is 0 Å². The minimum Gasteiger partial charge on any atom is -0.333 e. The lowest BCUT2D eigenvalue weighted by atomic mass is 9.96. The molecule has 0 radical (unpaired) electrons. The van der Waals surface area contributed by atoms with Crippen molar-refractivity contribution in [1.82, 2.24) is 15.2 Å². The van der Waals surface area contributed by atoms with Crippen LogP contribution in [0.15, 0.2) is 23.4 Å². The van der Waals surface area contributed by atoms with Gasteiger partial charge in [0.15, 0.2) is 0 Å².